The summed E-state index contributed by atoms with van der Waals surface area (Å²) in [6, 6.07) is 6.02. The van der Waals surface area contributed by atoms with Crippen LogP contribution in [0.4, 0.5) is 0 Å². The van der Waals surface area contributed by atoms with Gasteiger partial charge in [0, 0.05) is 0 Å². The highest BCUT2D eigenvalue weighted by Crippen LogP contribution is 2.33. The molecule has 0 amide bonds. The Hall–Kier alpha value is -0.730. The van der Waals surface area contributed by atoms with Gasteiger partial charge in [0.05, 0.1) is 11.6 Å². The monoisotopic (exact) mass is 239 g/mol. The Morgan fingerprint density at radius 2 is 2.25 bits per heavy atom. The number of nitrogens with one attached hydrogen (secondary N) is 1. The zero-order chi connectivity index (χ0) is 11.4. The maximum atomic E-state index is 6.30. The number of benzene rings is 1. The number of hydrogen-bond donors (Lipinski definition) is 1. The number of hydrogen-bond acceptors (Lipinski definition) is 2. The average Bonchev–Trinajstić information content (AvgIpc) is 3.10. The Balaban J connectivity index is 1.99. The van der Waals surface area contributed by atoms with E-state index in [1.54, 1.807) is 0 Å². The smallest absolute Gasteiger partial charge is 0.138 e. The molecule has 0 spiro atoms. The van der Waals surface area contributed by atoms with Crippen LogP contribution in [0.3, 0.4) is 0 Å². The highest BCUT2D eigenvalue weighted by atomic mass is 35.5. The minimum atomic E-state index is 0.761. The van der Waals surface area contributed by atoms with Crippen LogP contribution in [0.5, 0.6) is 5.75 Å². The van der Waals surface area contributed by atoms with E-state index in [4.69, 9.17) is 16.3 Å². The van der Waals surface area contributed by atoms with Gasteiger partial charge < -0.3 is 10.1 Å². The quantitative estimate of drug-likeness (QED) is 0.824. The molecule has 88 valence electrons. The molecule has 0 bridgehead atoms. The first kappa shape index (κ1) is 11.7. The van der Waals surface area contributed by atoms with E-state index in [1.165, 1.54) is 12.8 Å². The maximum Gasteiger partial charge on any atom is 0.138 e. The maximum absolute atomic E-state index is 6.30. The normalized spacial score (nSPS) is 15.1. The molecule has 2 nitrogen and oxygen atoms in total. The van der Waals surface area contributed by atoms with Crippen molar-refractivity contribution in [2.45, 2.75) is 19.3 Å². The molecule has 3 heteroatoms. The van der Waals surface area contributed by atoms with Gasteiger partial charge in [-0.2, -0.15) is 0 Å². The molecule has 0 radical (unpaired) electrons. The summed E-state index contributed by atoms with van der Waals surface area (Å²) in [5.74, 6) is 1.60. The Morgan fingerprint density at radius 1 is 1.44 bits per heavy atom. The summed E-state index contributed by atoms with van der Waals surface area (Å²) < 4.78 is 5.73. The van der Waals surface area contributed by atoms with Crippen molar-refractivity contribution in [1.29, 1.82) is 0 Å². The highest BCUT2D eigenvalue weighted by Gasteiger charge is 2.22. The first-order chi connectivity index (χ1) is 7.81. The summed E-state index contributed by atoms with van der Waals surface area (Å²) in [7, 11) is 1.95. The van der Waals surface area contributed by atoms with Crippen LogP contribution < -0.4 is 10.1 Å². The van der Waals surface area contributed by atoms with Gasteiger partial charge in [-0.1, -0.05) is 23.7 Å². The summed E-state index contributed by atoms with van der Waals surface area (Å²) in [5.41, 5.74) is 1.16. The molecule has 1 fully saturated rings. The van der Waals surface area contributed by atoms with Crippen molar-refractivity contribution in [3.63, 3.8) is 0 Å². The summed E-state index contributed by atoms with van der Waals surface area (Å²) >= 11 is 6.30. The molecule has 1 aromatic carbocycles. The number of rotatable bonds is 6. The number of likely N-dealkylation sites (N-methyl/N-ethyl adjacent to an activating group) is 1. The Morgan fingerprint density at radius 3 is 2.94 bits per heavy atom. The van der Waals surface area contributed by atoms with Crippen molar-refractivity contribution >= 4 is 11.6 Å². The van der Waals surface area contributed by atoms with E-state index in [9.17, 15) is 0 Å². The zero-order valence-corrected chi connectivity index (χ0v) is 10.4. The predicted octanol–water partition coefficient (Wildman–Crippen LogP) is 2.89. The van der Waals surface area contributed by atoms with Gasteiger partial charge in [-0.05, 0) is 50.4 Å². The Kier molecular flexibility index (Phi) is 4.08. The predicted molar refractivity (Wildman–Crippen MR) is 67.3 cm³/mol. The lowest BCUT2D eigenvalue weighted by Gasteiger charge is -2.10. The van der Waals surface area contributed by atoms with Crippen LogP contribution in [0, 0.1) is 5.92 Å². The van der Waals surface area contributed by atoms with E-state index in [0.29, 0.717) is 0 Å². The third-order valence-electron chi connectivity index (χ3n) is 2.86. The van der Waals surface area contributed by atoms with Crippen molar-refractivity contribution in [2.24, 2.45) is 5.92 Å². The summed E-state index contributed by atoms with van der Waals surface area (Å²) in [5, 5.41) is 3.90. The van der Waals surface area contributed by atoms with Crippen LogP contribution in [0.25, 0.3) is 0 Å². The van der Waals surface area contributed by atoms with E-state index < -0.39 is 0 Å². The van der Waals surface area contributed by atoms with Crippen molar-refractivity contribution in [3.05, 3.63) is 28.8 Å². The first-order valence-corrected chi connectivity index (χ1v) is 6.24. The van der Waals surface area contributed by atoms with Gasteiger partial charge in [-0.25, -0.2) is 0 Å². The first-order valence-electron chi connectivity index (χ1n) is 5.86. The lowest BCUT2D eigenvalue weighted by atomic mass is 10.1. The molecule has 16 heavy (non-hydrogen) atoms. The third kappa shape index (κ3) is 3.13. The van der Waals surface area contributed by atoms with Gasteiger partial charge in [0.1, 0.15) is 5.75 Å². The molecule has 0 aromatic heterocycles. The van der Waals surface area contributed by atoms with E-state index in [1.807, 2.05) is 19.2 Å². The Bertz CT molecular complexity index is 350. The van der Waals surface area contributed by atoms with Gasteiger partial charge in [-0.3, -0.25) is 0 Å². The third-order valence-corrected chi connectivity index (χ3v) is 3.29. The summed E-state index contributed by atoms with van der Waals surface area (Å²) in [4.78, 5) is 0. The zero-order valence-electron chi connectivity index (χ0n) is 9.63. The summed E-state index contributed by atoms with van der Waals surface area (Å²) in [6.45, 7) is 1.75. The van der Waals surface area contributed by atoms with E-state index >= 15 is 0 Å². The molecule has 2 rings (SSSR count). The fraction of sp³-hybridized carbons (Fsp3) is 0.538. The molecular weight excluding hydrogens is 222 g/mol. The van der Waals surface area contributed by atoms with Crippen molar-refractivity contribution in [1.82, 2.24) is 5.32 Å². The van der Waals surface area contributed by atoms with Crippen LogP contribution >= 0.6 is 11.6 Å². The molecule has 0 saturated heterocycles. The molecule has 0 unspecified atom stereocenters. The van der Waals surface area contributed by atoms with Gasteiger partial charge in [0.15, 0.2) is 0 Å². The lowest BCUT2D eigenvalue weighted by Crippen LogP contribution is -2.10. The van der Waals surface area contributed by atoms with Crippen molar-refractivity contribution < 1.29 is 4.74 Å². The topological polar surface area (TPSA) is 21.3 Å². The molecule has 0 aliphatic heterocycles. The van der Waals surface area contributed by atoms with E-state index in [2.05, 4.69) is 11.4 Å². The fourth-order valence-corrected chi connectivity index (χ4v) is 1.89. The molecule has 1 N–H and O–H groups in total. The van der Waals surface area contributed by atoms with Crippen LogP contribution in [-0.4, -0.2) is 20.2 Å². The molecule has 1 aliphatic carbocycles. The molecule has 0 atom stereocenters. The second-order valence-corrected chi connectivity index (χ2v) is 4.72. The minimum absolute atomic E-state index is 0.761. The molecule has 1 aromatic rings. The largest absolute Gasteiger partial charge is 0.492 e. The van der Waals surface area contributed by atoms with Gasteiger partial charge in [0.25, 0.3) is 0 Å². The van der Waals surface area contributed by atoms with E-state index in [-0.39, 0.29) is 0 Å². The van der Waals surface area contributed by atoms with Crippen LogP contribution in [0.15, 0.2) is 18.2 Å². The van der Waals surface area contributed by atoms with Crippen molar-refractivity contribution in [3.8, 4) is 5.75 Å². The Labute approximate surface area is 102 Å². The molecule has 1 aliphatic rings. The average molecular weight is 240 g/mol. The van der Waals surface area contributed by atoms with Gasteiger partial charge in [-0.15, -0.1) is 0 Å². The van der Waals surface area contributed by atoms with Crippen LogP contribution in [-0.2, 0) is 6.42 Å². The molecule has 0 heterocycles. The van der Waals surface area contributed by atoms with E-state index in [0.717, 1.165) is 41.8 Å². The lowest BCUT2D eigenvalue weighted by molar-refractivity contribution is 0.299. The second kappa shape index (κ2) is 5.55. The van der Waals surface area contributed by atoms with Crippen LogP contribution in [0.1, 0.15) is 18.4 Å². The standard InChI is InChI=1S/C13H18ClNO/c1-15-8-7-11-3-2-4-12(13(11)14)16-9-10-5-6-10/h2-4,10,15H,5-9H2,1H3. The SMILES string of the molecule is CNCCc1cccc(OCC2CC2)c1Cl. The van der Waals surface area contributed by atoms with Gasteiger partial charge in [0.2, 0.25) is 0 Å². The molecular formula is C13H18ClNO. The van der Waals surface area contributed by atoms with Gasteiger partial charge >= 0.3 is 0 Å². The second-order valence-electron chi connectivity index (χ2n) is 4.34. The number of ether oxygens (including phenoxy) is 1. The fourth-order valence-electron chi connectivity index (χ4n) is 1.61. The number of halogens is 1. The highest BCUT2D eigenvalue weighted by molar-refractivity contribution is 6.32. The summed E-state index contributed by atoms with van der Waals surface area (Å²) in [6.07, 6.45) is 3.55. The van der Waals surface area contributed by atoms with Crippen molar-refractivity contribution in [2.75, 3.05) is 20.2 Å². The minimum Gasteiger partial charge on any atom is -0.492 e. The van der Waals surface area contributed by atoms with Crippen LogP contribution in [0.2, 0.25) is 5.02 Å². The molecule has 1 saturated carbocycles.